The number of nitrogens with zero attached hydrogens (tertiary/aromatic N) is 3. The lowest BCUT2D eigenvalue weighted by Crippen LogP contribution is -2.46. The lowest BCUT2D eigenvalue weighted by molar-refractivity contribution is -0.384. The molecule has 0 spiro atoms. The van der Waals surface area contributed by atoms with E-state index >= 15 is 0 Å². The molecule has 2 aromatic rings. The van der Waals surface area contributed by atoms with Crippen molar-refractivity contribution in [3.8, 4) is 0 Å². The third-order valence-electron chi connectivity index (χ3n) is 3.42. The molecule has 1 aromatic heterocycles. The Balaban J connectivity index is 1.67. The van der Waals surface area contributed by atoms with Crippen molar-refractivity contribution in [2.75, 3.05) is 18.4 Å². The van der Waals surface area contributed by atoms with Gasteiger partial charge in [0, 0.05) is 25.2 Å². The highest BCUT2D eigenvalue weighted by Gasteiger charge is 2.15. The zero-order valence-corrected chi connectivity index (χ0v) is 12.6. The van der Waals surface area contributed by atoms with Gasteiger partial charge in [-0.15, -0.1) is 0 Å². The van der Waals surface area contributed by atoms with Gasteiger partial charge in [-0.25, -0.2) is 14.8 Å². The van der Waals surface area contributed by atoms with E-state index in [0.29, 0.717) is 15.3 Å². The zero-order valence-electron chi connectivity index (χ0n) is 11.7. The van der Waals surface area contributed by atoms with E-state index in [2.05, 4.69) is 15.7 Å². The smallest absolute Gasteiger partial charge is 0.282 e. The predicted molar refractivity (Wildman–Crippen MR) is 83.9 cm³/mol. The van der Waals surface area contributed by atoms with E-state index < -0.39 is 4.92 Å². The van der Waals surface area contributed by atoms with Gasteiger partial charge in [-0.2, -0.15) is 0 Å². The Kier molecular flexibility index (Phi) is 4.16. The molecule has 0 radical (unpaired) electrons. The molecule has 1 fully saturated rings. The molecule has 2 amide bonds. The van der Waals surface area contributed by atoms with E-state index in [9.17, 15) is 14.9 Å². The fraction of sp³-hybridized carbons (Fsp3) is 0.385. The number of aromatic nitrogens is 1. The van der Waals surface area contributed by atoms with Gasteiger partial charge in [-0.3, -0.25) is 20.9 Å². The molecule has 1 aliphatic heterocycles. The van der Waals surface area contributed by atoms with Crippen LogP contribution >= 0.6 is 11.3 Å². The number of urea groups is 1. The molecular formula is C13H15N5O3S. The minimum Gasteiger partial charge on any atom is -0.282 e. The number of rotatable bonds is 3. The van der Waals surface area contributed by atoms with Crippen molar-refractivity contribution in [2.45, 2.75) is 19.3 Å². The van der Waals surface area contributed by atoms with Crippen LogP contribution in [0.15, 0.2) is 18.2 Å². The Morgan fingerprint density at radius 3 is 2.82 bits per heavy atom. The van der Waals surface area contributed by atoms with Crippen molar-refractivity contribution in [3.05, 3.63) is 28.3 Å². The molecule has 0 aliphatic carbocycles. The maximum Gasteiger partial charge on any atom is 0.335 e. The molecule has 0 atom stereocenters. The summed E-state index contributed by atoms with van der Waals surface area (Å²) >= 11 is 1.21. The van der Waals surface area contributed by atoms with Crippen LogP contribution in [0.4, 0.5) is 15.6 Å². The summed E-state index contributed by atoms with van der Waals surface area (Å²) in [6.07, 6.45) is 3.34. The second kappa shape index (κ2) is 6.24. The normalized spacial score (nSPS) is 15.6. The van der Waals surface area contributed by atoms with Crippen LogP contribution in [0, 0.1) is 10.1 Å². The van der Waals surface area contributed by atoms with Gasteiger partial charge in [0.25, 0.3) is 5.69 Å². The number of thiazole rings is 1. The third-order valence-corrected chi connectivity index (χ3v) is 4.35. The van der Waals surface area contributed by atoms with Crippen LogP contribution in [0.2, 0.25) is 0 Å². The summed E-state index contributed by atoms with van der Waals surface area (Å²) in [5.74, 6) is 0. The van der Waals surface area contributed by atoms with Gasteiger partial charge in [0.15, 0.2) is 5.13 Å². The summed E-state index contributed by atoms with van der Waals surface area (Å²) in [4.78, 5) is 26.5. The standard InChI is InChI=1S/C13H15N5O3S/c19-12(16-17-6-2-1-3-7-17)15-13-14-10-5-4-9(18(20)21)8-11(10)22-13/h4-5,8H,1-3,6-7H2,(H2,14,15,16,19). The van der Waals surface area contributed by atoms with E-state index in [4.69, 9.17) is 0 Å². The number of hydrazine groups is 1. The number of nitrogens with one attached hydrogen (secondary N) is 2. The first-order valence-electron chi connectivity index (χ1n) is 6.99. The number of carbonyl (C=O) groups excluding carboxylic acids is 1. The summed E-state index contributed by atoms with van der Waals surface area (Å²) in [6.45, 7) is 1.69. The van der Waals surface area contributed by atoms with Gasteiger partial charge >= 0.3 is 6.03 Å². The number of carbonyl (C=O) groups is 1. The number of non-ortho nitro benzene ring substituents is 1. The number of hydrogen-bond acceptors (Lipinski definition) is 6. The van der Waals surface area contributed by atoms with Gasteiger partial charge < -0.3 is 0 Å². The van der Waals surface area contributed by atoms with E-state index in [-0.39, 0.29) is 11.7 Å². The first-order valence-corrected chi connectivity index (χ1v) is 7.81. The van der Waals surface area contributed by atoms with E-state index in [1.165, 1.54) is 29.9 Å². The lowest BCUT2D eigenvalue weighted by Gasteiger charge is -2.26. The van der Waals surface area contributed by atoms with Crippen LogP contribution in [0.1, 0.15) is 19.3 Å². The van der Waals surface area contributed by atoms with Crippen LogP contribution in [0.5, 0.6) is 0 Å². The fourth-order valence-electron chi connectivity index (χ4n) is 2.35. The summed E-state index contributed by atoms with van der Waals surface area (Å²) in [5, 5.41) is 15.7. The quantitative estimate of drug-likeness (QED) is 0.668. The molecule has 1 aliphatic rings. The van der Waals surface area contributed by atoms with Crippen molar-refractivity contribution in [3.63, 3.8) is 0 Å². The summed E-state index contributed by atoms with van der Waals surface area (Å²) in [5.41, 5.74) is 3.43. The molecule has 2 N–H and O–H groups in total. The van der Waals surface area contributed by atoms with Gasteiger partial charge in [0.2, 0.25) is 0 Å². The predicted octanol–water partition coefficient (Wildman–Crippen LogP) is 2.73. The van der Waals surface area contributed by atoms with Crippen molar-refractivity contribution in [2.24, 2.45) is 0 Å². The summed E-state index contributed by atoms with van der Waals surface area (Å²) in [6, 6.07) is 4.10. The Bertz CT molecular complexity index is 711. The number of hydrogen-bond donors (Lipinski definition) is 2. The second-order valence-electron chi connectivity index (χ2n) is 5.04. The van der Waals surface area contributed by atoms with Crippen molar-refractivity contribution < 1.29 is 9.72 Å². The number of amides is 2. The summed E-state index contributed by atoms with van der Waals surface area (Å²) in [7, 11) is 0. The van der Waals surface area contributed by atoms with Crippen LogP contribution in [-0.4, -0.2) is 34.0 Å². The monoisotopic (exact) mass is 321 g/mol. The van der Waals surface area contributed by atoms with Gasteiger partial charge in [-0.1, -0.05) is 17.8 Å². The number of benzene rings is 1. The van der Waals surface area contributed by atoms with Gasteiger partial charge in [0.1, 0.15) is 0 Å². The maximum absolute atomic E-state index is 11.9. The van der Waals surface area contributed by atoms with E-state index in [1.807, 2.05) is 5.01 Å². The lowest BCUT2D eigenvalue weighted by atomic mass is 10.2. The SMILES string of the molecule is O=C(Nc1nc2ccc([N+](=O)[O-])cc2s1)NN1CCCCC1. The largest absolute Gasteiger partial charge is 0.335 e. The Morgan fingerprint density at radius 2 is 2.09 bits per heavy atom. The number of anilines is 1. The van der Waals surface area contributed by atoms with E-state index in [0.717, 1.165) is 25.9 Å². The van der Waals surface area contributed by atoms with Crippen LogP contribution in [0.25, 0.3) is 10.2 Å². The molecule has 1 saturated heterocycles. The fourth-order valence-corrected chi connectivity index (χ4v) is 3.25. The molecular weight excluding hydrogens is 306 g/mol. The van der Waals surface area contributed by atoms with Crippen molar-refractivity contribution in [1.29, 1.82) is 0 Å². The molecule has 9 heteroatoms. The first-order chi connectivity index (χ1) is 10.6. The van der Waals surface area contributed by atoms with Crippen molar-refractivity contribution >= 4 is 38.4 Å². The zero-order chi connectivity index (χ0) is 15.5. The molecule has 2 heterocycles. The second-order valence-corrected chi connectivity index (χ2v) is 6.07. The highest BCUT2D eigenvalue weighted by Crippen LogP contribution is 2.29. The average Bonchev–Trinajstić information content (AvgIpc) is 2.89. The van der Waals surface area contributed by atoms with Crippen LogP contribution in [-0.2, 0) is 0 Å². The van der Waals surface area contributed by atoms with Gasteiger partial charge in [0.05, 0.1) is 15.1 Å². The summed E-state index contributed by atoms with van der Waals surface area (Å²) < 4.78 is 0.669. The minimum atomic E-state index is -0.449. The highest BCUT2D eigenvalue weighted by atomic mass is 32.1. The third kappa shape index (κ3) is 3.31. The molecule has 22 heavy (non-hydrogen) atoms. The van der Waals surface area contributed by atoms with E-state index in [1.54, 1.807) is 6.07 Å². The minimum absolute atomic E-state index is 0.0143. The Labute approximate surface area is 130 Å². The maximum atomic E-state index is 11.9. The number of nitro benzene ring substituents is 1. The molecule has 8 nitrogen and oxygen atoms in total. The van der Waals surface area contributed by atoms with Crippen LogP contribution < -0.4 is 10.7 Å². The number of nitro groups is 1. The molecule has 3 rings (SSSR count). The van der Waals surface area contributed by atoms with Crippen molar-refractivity contribution in [1.82, 2.24) is 15.4 Å². The Hall–Kier alpha value is -2.26. The molecule has 0 unspecified atom stereocenters. The first kappa shape index (κ1) is 14.7. The molecule has 1 aromatic carbocycles. The number of fused-ring (bicyclic) bond motifs is 1. The highest BCUT2D eigenvalue weighted by molar-refractivity contribution is 7.22. The molecule has 116 valence electrons. The molecule has 0 bridgehead atoms. The number of piperidine rings is 1. The van der Waals surface area contributed by atoms with Gasteiger partial charge in [-0.05, 0) is 18.9 Å². The Morgan fingerprint density at radius 1 is 1.32 bits per heavy atom. The van der Waals surface area contributed by atoms with Crippen LogP contribution in [0.3, 0.4) is 0 Å². The topological polar surface area (TPSA) is 100 Å². The average molecular weight is 321 g/mol. The molecule has 0 saturated carbocycles.